The van der Waals surface area contributed by atoms with E-state index >= 15 is 0 Å². The van der Waals surface area contributed by atoms with Gasteiger partial charge in [-0.15, -0.1) is 10.2 Å². The molecule has 0 aromatic carbocycles. The number of pyridine rings is 2. The van der Waals surface area contributed by atoms with Crippen LogP contribution in [0.2, 0.25) is 0 Å². The van der Waals surface area contributed by atoms with Crippen LogP contribution in [0.15, 0.2) is 55.0 Å². The molecule has 270 valence electrons. The van der Waals surface area contributed by atoms with Crippen molar-refractivity contribution in [1.29, 1.82) is 5.26 Å². The van der Waals surface area contributed by atoms with Crippen LogP contribution in [0, 0.1) is 16.7 Å². The minimum absolute atomic E-state index is 0.105. The zero-order valence-electron chi connectivity index (χ0n) is 29.7. The number of hydrogen-bond acceptors (Lipinski definition) is 12. The number of anilines is 2. The monoisotopic (exact) mass is 727 g/mol. The fourth-order valence-corrected chi connectivity index (χ4v) is 10.1. The zero-order chi connectivity index (χ0) is 36.2. The number of piperazine rings is 1. The number of aromatic nitrogens is 6. The highest BCUT2D eigenvalue weighted by atomic mass is 32.1. The van der Waals surface area contributed by atoms with Gasteiger partial charge in [0.25, 0.3) is 0 Å². The Balaban J connectivity index is 0.819. The van der Waals surface area contributed by atoms with E-state index in [0.717, 1.165) is 102 Å². The van der Waals surface area contributed by atoms with Crippen LogP contribution in [-0.2, 0) is 15.0 Å². The smallest absolute Gasteiger partial charge is 0.234 e. The van der Waals surface area contributed by atoms with Crippen molar-refractivity contribution in [2.45, 2.75) is 62.7 Å². The maximum atomic E-state index is 12.3. The molecule has 3 saturated carbocycles. The van der Waals surface area contributed by atoms with E-state index in [-0.39, 0.29) is 23.1 Å². The van der Waals surface area contributed by atoms with Gasteiger partial charge in [0.2, 0.25) is 11.8 Å². The molecule has 10 rings (SSSR count). The first kappa shape index (κ1) is 33.6. The Morgan fingerprint density at radius 1 is 0.962 bits per heavy atom. The number of nitrogens with zero attached hydrogens (tertiary/aromatic N) is 9. The van der Waals surface area contributed by atoms with Crippen molar-refractivity contribution >= 4 is 40.2 Å². The largest absolute Gasteiger partial charge is 0.387 e. The standard InChI is InChI=1S/C39H41N11O2S/c1-41-30-19-31(32-5-3-27-18-25(20-40)21-44-50(27)32)42-23-29(30)36-46-47-37(53-36)39-11-8-38(9-12-39,10-13-39)24-48-14-16-49(17-15-48)33-6-2-26(22-43-33)28-4-7-34(51)45-35(28)52/h2-3,5-6,18-19,21-23,28H,4,7-17,24H2,1H3,(H,41,42)(H,45,51,52)/t28-,38?,39?/m0/s1. The molecule has 2 aliphatic heterocycles. The van der Waals surface area contributed by atoms with Crippen LogP contribution >= 0.6 is 11.3 Å². The maximum Gasteiger partial charge on any atom is 0.234 e. The molecule has 14 heteroatoms. The van der Waals surface area contributed by atoms with Gasteiger partial charge in [-0.3, -0.25) is 24.8 Å². The number of hydrogen-bond donors (Lipinski definition) is 2. The second-order valence-electron chi connectivity index (χ2n) is 15.2. The third-order valence-electron chi connectivity index (χ3n) is 12.2. The number of rotatable bonds is 8. The molecule has 5 aromatic heterocycles. The number of fused-ring (bicyclic) bond motifs is 4. The normalized spacial score (nSPS) is 24.7. The van der Waals surface area contributed by atoms with Crippen LogP contribution < -0.4 is 15.5 Å². The van der Waals surface area contributed by atoms with E-state index in [4.69, 9.17) is 20.2 Å². The summed E-state index contributed by atoms with van der Waals surface area (Å²) in [5.74, 6) is 0.232. The van der Waals surface area contributed by atoms with E-state index in [1.807, 2.05) is 60.4 Å². The van der Waals surface area contributed by atoms with Gasteiger partial charge in [0.1, 0.15) is 16.9 Å². The molecular formula is C39H41N11O2S. The van der Waals surface area contributed by atoms with E-state index in [1.54, 1.807) is 17.5 Å². The van der Waals surface area contributed by atoms with Crippen molar-refractivity contribution in [2.75, 3.05) is 50.0 Å². The van der Waals surface area contributed by atoms with Gasteiger partial charge in [0.15, 0.2) is 5.01 Å². The van der Waals surface area contributed by atoms with Crippen LogP contribution in [0.25, 0.3) is 27.5 Å². The summed E-state index contributed by atoms with van der Waals surface area (Å²) in [5.41, 5.74) is 6.24. The Labute approximate surface area is 311 Å². The highest BCUT2D eigenvalue weighted by molar-refractivity contribution is 7.14. The summed E-state index contributed by atoms with van der Waals surface area (Å²) >= 11 is 1.72. The van der Waals surface area contributed by atoms with E-state index in [9.17, 15) is 14.9 Å². The minimum Gasteiger partial charge on any atom is -0.387 e. The van der Waals surface area contributed by atoms with Gasteiger partial charge in [-0.05, 0) is 86.3 Å². The summed E-state index contributed by atoms with van der Waals surface area (Å²) in [6.45, 7) is 5.05. The quantitative estimate of drug-likeness (QED) is 0.204. The molecule has 2 bridgehead atoms. The molecule has 3 aliphatic carbocycles. The zero-order valence-corrected chi connectivity index (χ0v) is 30.5. The van der Waals surface area contributed by atoms with Gasteiger partial charge in [-0.1, -0.05) is 17.4 Å². The third kappa shape index (κ3) is 6.11. The Bertz CT molecular complexity index is 2220. The van der Waals surface area contributed by atoms with Gasteiger partial charge >= 0.3 is 0 Å². The number of carbonyl (C=O) groups excluding carboxylic acids is 2. The number of piperidine rings is 1. The van der Waals surface area contributed by atoms with Gasteiger partial charge in [0.05, 0.1) is 40.1 Å². The second-order valence-corrected chi connectivity index (χ2v) is 16.2. The average Bonchev–Trinajstić information content (AvgIpc) is 3.87. The van der Waals surface area contributed by atoms with Crippen LogP contribution in [0.5, 0.6) is 0 Å². The summed E-state index contributed by atoms with van der Waals surface area (Å²) in [6, 6.07) is 13.9. The number of nitriles is 1. The Morgan fingerprint density at radius 2 is 1.77 bits per heavy atom. The van der Waals surface area contributed by atoms with Crippen molar-refractivity contribution in [2.24, 2.45) is 5.41 Å². The molecule has 5 aromatic rings. The van der Waals surface area contributed by atoms with E-state index in [0.29, 0.717) is 23.8 Å². The molecule has 1 atom stereocenters. The summed E-state index contributed by atoms with van der Waals surface area (Å²) < 4.78 is 1.81. The molecule has 2 amide bonds. The van der Waals surface area contributed by atoms with Crippen LogP contribution in [0.4, 0.5) is 11.5 Å². The van der Waals surface area contributed by atoms with Gasteiger partial charge in [-0.2, -0.15) is 10.4 Å². The average molecular weight is 728 g/mol. The fraction of sp³-hybridized carbons (Fsp3) is 0.436. The van der Waals surface area contributed by atoms with Gasteiger partial charge < -0.3 is 10.2 Å². The Kier molecular flexibility index (Phi) is 8.42. The molecule has 53 heavy (non-hydrogen) atoms. The number of amides is 2. The van der Waals surface area contributed by atoms with Crippen LogP contribution in [-0.4, -0.2) is 86.3 Å². The molecule has 5 fully saturated rings. The number of nitrogens with one attached hydrogen (secondary N) is 2. The highest BCUT2D eigenvalue weighted by Crippen LogP contribution is 2.58. The lowest BCUT2D eigenvalue weighted by Crippen LogP contribution is -2.53. The summed E-state index contributed by atoms with van der Waals surface area (Å²) in [4.78, 5) is 38.4. The summed E-state index contributed by atoms with van der Waals surface area (Å²) in [5, 5.41) is 31.1. The lowest BCUT2D eigenvalue weighted by Gasteiger charge is -2.54. The molecule has 0 spiro atoms. The molecule has 5 aliphatic rings. The van der Waals surface area contributed by atoms with E-state index in [2.05, 4.69) is 31.6 Å². The molecule has 0 unspecified atom stereocenters. The maximum absolute atomic E-state index is 12.3. The first-order chi connectivity index (χ1) is 25.8. The second kappa shape index (κ2) is 13.3. The fourth-order valence-electron chi connectivity index (χ4n) is 9.01. The van der Waals surface area contributed by atoms with E-state index in [1.165, 1.54) is 19.3 Å². The first-order valence-electron chi connectivity index (χ1n) is 18.5. The van der Waals surface area contributed by atoms with Crippen molar-refractivity contribution in [3.8, 4) is 28.0 Å². The minimum atomic E-state index is -0.303. The van der Waals surface area contributed by atoms with Crippen LogP contribution in [0.1, 0.15) is 73.4 Å². The van der Waals surface area contributed by atoms with Gasteiger partial charge in [-0.25, -0.2) is 9.50 Å². The molecule has 0 radical (unpaired) electrons. The van der Waals surface area contributed by atoms with Crippen molar-refractivity contribution < 1.29 is 9.59 Å². The number of imide groups is 1. The SMILES string of the molecule is CNc1cc(-c2ccc3cc(C#N)cnn23)ncc1-c1nnc(C23CCC(CN4CCN(c5ccc([C@@H]6CCC(=O)NC6=O)cn5)CC4)(CC2)CC3)s1. The lowest BCUT2D eigenvalue weighted by atomic mass is 9.54. The molecule has 13 nitrogen and oxygen atoms in total. The first-order valence-corrected chi connectivity index (χ1v) is 19.3. The lowest BCUT2D eigenvalue weighted by molar-refractivity contribution is -0.134. The highest BCUT2D eigenvalue weighted by Gasteiger charge is 2.51. The van der Waals surface area contributed by atoms with Crippen molar-refractivity contribution in [3.63, 3.8) is 0 Å². The Morgan fingerprint density at radius 3 is 2.49 bits per heavy atom. The summed E-state index contributed by atoms with van der Waals surface area (Å²) in [7, 11) is 1.91. The van der Waals surface area contributed by atoms with Crippen LogP contribution in [0.3, 0.4) is 0 Å². The van der Waals surface area contributed by atoms with Crippen molar-refractivity contribution in [3.05, 3.63) is 71.1 Å². The van der Waals surface area contributed by atoms with Crippen molar-refractivity contribution in [1.82, 2.24) is 40.0 Å². The Hall–Kier alpha value is -5.26. The van der Waals surface area contributed by atoms with Gasteiger partial charge in [0, 0.05) is 69.7 Å². The van der Waals surface area contributed by atoms with E-state index < -0.39 is 0 Å². The predicted molar refractivity (Wildman–Crippen MR) is 201 cm³/mol. The predicted octanol–water partition coefficient (Wildman–Crippen LogP) is 5.16. The molecule has 2 N–H and O–H groups in total. The molecular weight excluding hydrogens is 687 g/mol. The molecule has 2 saturated heterocycles. The third-order valence-corrected chi connectivity index (χ3v) is 13.4. The summed E-state index contributed by atoms with van der Waals surface area (Å²) in [6.07, 6.45) is 13.3. The topological polar surface area (TPSA) is 157 Å². The number of carbonyl (C=O) groups is 2. The molecule has 7 heterocycles.